The van der Waals surface area contributed by atoms with Crippen molar-refractivity contribution in [3.8, 4) is 33.4 Å². The lowest BCUT2D eigenvalue weighted by atomic mass is 9.78. The quantitative estimate of drug-likeness (QED) is 0.106. The monoisotopic (exact) mass is 1580 g/mol. The van der Waals surface area contributed by atoms with E-state index in [0.717, 1.165) is 171 Å². The standard InChI is InChI=1S/C24H24N2OS.C23H28N4OS.C23H23N3OS.C21H23N5OS/c1-24(2)14-19-22(21(27)15-24)28-23(25-19)26-12-6-9-17-10-11-18(13-20(17)26)16-7-4-3-5-8-16;1-23(2)12-19-20(21(28)25-14-23)29-22(26-19)27-10-6-5-7-16(27)11-15-13-24-18-9-4-3-8-17(15)18;1-23(2)14-18-20(21(27)25-23)28-22(24-18)26-12-6-9-16-10-11-17(13-19(16)26)15-7-4-3-5-8-15;1-21(2)10-16-18(19(27)24-21)28-20(23-16)26-8-4-5-13-6-7-14(9-17(13)26)15-11-22-25(3)12-15/h3-5,7-8,10-11,13H,6,9,12,14-15H2,1-2H3;3-4,8-9,13,16,24H,5-7,10-12,14H2,1-2H3,(H,25,28);3-5,7-8,10-11,13H,6,9,12,14H2,1-2H3,(H,25,27);6-7,9,11-12H,4-5,8,10H2,1-3H3,(H,24,27)/t;16-;;/m.1../s1. The van der Waals surface area contributed by atoms with Gasteiger partial charge in [-0.25, -0.2) is 19.9 Å². The van der Waals surface area contributed by atoms with Crippen molar-refractivity contribution in [2.45, 2.75) is 169 Å². The predicted molar refractivity (Wildman–Crippen MR) is 461 cm³/mol. The van der Waals surface area contributed by atoms with E-state index in [0.29, 0.717) is 19.0 Å². The number of benzene rings is 6. The van der Waals surface area contributed by atoms with Gasteiger partial charge in [-0.15, -0.1) is 0 Å². The number of nitrogens with zero attached hydrogens (tertiary/aromatic N) is 10. The molecule has 0 bridgehead atoms. The Hall–Kier alpha value is -10.1. The van der Waals surface area contributed by atoms with Crippen molar-refractivity contribution >= 4 is 117 Å². The second-order valence-corrected chi connectivity index (χ2v) is 38.3. The number of Topliss-reactive ketones (excluding diaryl/α,β-unsaturated/α-hetero) is 1. The molecule has 6 aromatic heterocycles. The SMILES string of the molecule is CC1(C)CC(=O)c2sc(N3CCCc4ccc(-c5ccccc5)cc43)nc2C1.CC1(C)CNC(=O)c2sc(N3CCCC[C@@H]3Cc3c[nH]c4ccccc34)nc2C1.CC1(C)Cc2nc(N3CCCc4ccc(-c5ccccc5)cc43)sc2C(=O)N1.Cn1cc(-c2ccc3c(c2)N(c2nc4c(s2)C(=O)NC(C)(C)C4)CCC3)cn1. The third-order valence-corrected chi connectivity index (χ3v) is 27.5. The van der Waals surface area contributed by atoms with E-state index in [9.17, 15) is 19.2 Å². The van der Waals surface area contributed by atoms with E-state index in [1.54, 1.807) is 22.7 Å². The lowest BCUT2D eigenvalue weighted by molar-refractivity contribution is 0.0891. The smallest absolute Gasteiger partial charge is 0.263 e. The van der Waals surface area contributed by atoms with Crippen molar-refractivity contribution in [1.82, 2.24) is 50.7 Å². The first-order valence-electron chi connectivity index (χ1n) is 40.0. The number of thiazole rings is 4. The van der Waals surface area contributed by atoms with Crippen molar-refractivity contribution in [1.29, 1.82) is 0 Å². The van der Waals surface area contributed by atoms with Crippen LogP contribution in [0, 0.1) is 10.8 Å². The number of hydrogen-bond acceptors (Lipinski definition) is 17. The summed E-state index contributed by atoms with van der Waals surface area (Å²) in [6.07, 6.45) is 21.1. The van der Waals surface area contributed by atoms with Gasteiger partial charge in [0.05, 0.1) is 33.8 Å². The number of fused-ring (bicyclic) bond motifs is 8. The molecular formula is C91H98N14O4S4. The first-order chi connectivity index (χ1) is 54.4. The Labute approximate surface area is 677 Å². The highest BCUT2D eigenvalue weighted by atomic mass is 32.1. The van der Waals surface area contributed by atoms with Gasteiger partial charge in [0.1, 0.15) is 14.6 Å². The molecule has 1 saturated heterocycles. The molecule has 0 spiro atoms. The van der Waals surface area contributed by atoms with Gasteiger partial charge in [-0.05, 0) is 190 Å². The maximum atomic E-state index is 12.6. The molecule has 20 rings (SSSR count). The summed E-state index contributed by atoms with van der Waals surface area (Å²) in [4.78, 5) is 86.0. The summed E-state index contributed by atoms with van der Waals surface area (Å²) in [6.45, 7) is 21.4. The fourth-order valence-corrected chi connectivity index (χ4v) is 21.6. The minimum absolute atomic E-state index is 0.00339. The van der Waals surface area contributed by atoms with Crippen LogP contribution in [0.3, 0.4) is 0 Å². The van der Waals surface area contributed by atoms with E-state index in [-0.39, 0.29) is 45.4 Å². The second-order valence-electron chi connectivity index (χ2n) is 34.4. The van der Waals surface area contributed by atoms with Crippen LogP contribution in [0.2, 0.25) is 0 Å². The van der Waals surface area contributed by atoms with Gasteiger partial charge in [-0.2, -0.15) is 5.10 Å². The molecule has 3 amide bonds. The first-order valence-corrected chi connectivity index (χ1v) is 43.2. The molecule has 12 aromatic rings. The number of carbonyl (C=O) groups is 4. The number of H-pyrrole nitrogens is 1. The summed E-state index contributed by atoms with van der Waals surface area (Å²) in [5.41, 5.74) is 20.8. The number of hydrogen-bond donors (Lipinski definition) is 4. The molecular weight excluding hydrogens is 1480 g/mol. The molecule has 22 heteroatoms. The number of nitrogens with one attached hydrogen (secondary N) is 4. The predicted octanol–water partition coefficient (Wildman–Crippen LogP) is 19.2. The van der Waals surface area contributed by atoms with Crippen LogP contribution >= 0.6 is 45.3 Å². The highest BCUT2D eigenvalue weighted by molar-refractivity contribution is 7.19. The Morgan fingerprint density at radius 1 is 0.451 bits per heavy atom. The molecule has 1 aliphatic carbocycles. The van der Waals surface area contributed by atoms with E-state index in [1.165, 1.54) is 114 Å². The van der Waals surface area contributed by atoms with E-state index in [4.69, 9.17) is 19.9 Å². The highest BCUT2D eigenvalue weighted by Crippen LogP contribution is 2.47. The number of aryl methyl sites for hydroxylation is 4. The number of ketones is 1. The van der Waals surface area contributed by atoms with Crippen molar-refractivity contribution in [2.75, 3.05) is 52.3 Å². The Bertz CT molecular complexity index is 5430. The number of rotatable bonds is 9. The van der Waals surface area contributed by atoms with Crippen LogP contribution in [0.4, 0.5) is 37.6 Å². The van der Waals surface area contributed by atoms with Crippen LogP contribution in [0.1, 0.15) is 184 Å². The zero-order chi connectivity index (χ0) is 78.1. The molecule has 0 saturated carbocycles. The maximum absolute atomic E-state index is 12.6. The summed E-state index contributed by atoms with van der Waals surface area (Å²) < 4.78 is 1.82. The van der Waals surface area contributed by atoms with Crippen molar-refractivity contribution in [3.63, 3.8) is 0 Å². The molecule has 18 nitrogen and oxygen atoms in total. The summed E-state index contributed by atoms with van der Waals surface area (Å²) in [5.74, 6) is 0.298. The Kier molecular flexibility index (Phi) is 20.5. The number of amides is 3. The third-order valence-electron chi connectivity index (χ3n) is 23.0. The lowest BCUT2D eigenvalue weighted by Crippen LogP contribution is -2.48. The Morgan fingerprint density at radius 3 is 1.44 bits per heavy atom. The lowest BCUT2D eigenvalue weighted by Gasteiger charge is -2.35. The number of piperidine rings is 1. The summed E-state index contributed by atoms with van der Waals surface area (Å²) >= 11 is 6.19. The van der Waals surface area contributed by atoms with Crippen LogP contribution in [0.25, 0.3) is 44.3 Å². The summed E-state index contributed by atoms with van der Waals surface area (Å²) in [6, 6.07) is 50.0. The normalized spacial score (nSPS) is 18.8. The minimum Gasteiger partial charge on any atom is -0.361 e. The van der Waals surface area contributed by atoms with Crippen LogP contribution in [0.5, 0.6) is 0 Å². The van der Waals surface area contributed by atoms with Gasteiger partial charge in [-0.3, -0.25) is 23.9 Å². The largest absolute Gasteiger partial charge is 0.361 e. The summed E-state index contributed by atoms with van der Waals surface area (Å²) in [5, 5.41) is 18.7. The van der Waals surface area contributed by atoms with Crippen LogP contribution in [-0.2, 0) is 58.4 Å². The van der Waals surface area contributed by atoms with Gasteiger partial charge in [0.2, 0.25) is 0 Å². The molecule has 7 aliphatic heterocycles. The Morgan fingerprint density at radius 2 is 0.912 bits per heavy atom. The van der Waals surface area contributed by atoms with Crippen LogP contribution < -0.4 is 35.6 Å². The van der Waals surface area contributed by atoms with Crippen molar-refractivity contribution < 1.29 is 19.2 Å². The fraction of sp³-hybridized carbons (Fsp3) is 0.374. The van der Waals surface area contributed by atoms with E-state index in [1.807, 2.05) is 50.1 Å². The topological polar surface area (TPSA) is 203 Å². The average molecular weight is 1580 g/mol. The van der Waals surface area contributed by atoms with Gasteiger partial charge in [0.15, 0.2) is 26.3 Å². The molecule has 6 aromatic carbocycles. The molecule has 0 radical (unpaired) electrons. The van der Waals surface area contributed by atoms with E-state index < -0.39 is 0 Å². The first kappa shape index (κ1) is 75.6. The van der Waals surface area contributed by atoms with Gasteiger partial charge >= 0.3 is 0 Å². The molecule has 4 N–H and O–H groups in total. The zero-order valence-corrected chi connectivity index (χ0v) is 69.2. The van der Waals surface area contributed by atoms with Gasteiger partial charge in [-0.1, -0.05) is 188 Å². The fourth-order valence-electron chi connectivity index (χ4n) is 17.4. The highest BCUT2D eigenvalue weighted by Gasteiger charge is 2.40. The van der Waals surface area contributed by atoms with Gasteiger partial charge < -0.3 is 40.5 Å². The average Bonchev–Trinajstić information content (AvgIpc) is 1.58. The molecule has 580 valence electrons. The molecule has 1 atom stereocenters. The Balaban J connectivity index is 0.000000109. The number of anilines is 7. The maximum Gasteiger partial charge on any atom is 0.263 e. The molecule has 113 heavy (non-hydrogen) atoms. The van der Waals surface area contributed by atoms with Crippen molar-refractivity contribution in [2.24, 2.45) is 17.9 Å². The third kappa shape index (κ3) is 16.0. The second kappa shape index (κ2) is 30.7. The number of carbonyl (C=O) groups excluding carboxylic acids is 4. The molecule has 13 heterocycles. The number of aromatic nitrogens is 7. The number of para-hydroxylation sites is 1. The van der Waals surface area contributed by atoms with Crippen molar-refractivity contribution in [3.05, 3.63) is 223 Å². The number of aromatic amines is 1. The van der Waals surface area contributed by atoms with Gasteiger partial charge in [0, 0.05) is 122 Å². The molecule has 0 unspecified atom stereocenters. The van der Waals surface area contributed by atoms with E-state index >= 15 is 0 Å². The minimum atomic E-state index is -0.247. The van der Waals surface area contributed by atoms with E-state index in [2.05, 4.69) is 221 Å². The molecule has 8 aliphatic rings. The van der Waals surface area contributed by atoms with Crippen LogP contribution in [0.15, 0.2) is 158 Å². The van der Waals surface area contributed by atoms with Crippen LogP contribution in [-0.4, -0.2) is 108 Å². The zero-order valence-electron chi connectivity index (χ0n) is 66.0. The van der Waals surface area contributed by atoms with Gasteiger partial charge in [0.25, 0.3) is 17.7 Å². The molecule has 1 fully saturated rings. The summed E-state index contributed by atoms with van der Waals surface area (Å²) in [7, 11) is 1.93.